The van der Waals surface area contributed by atoms with Crippen LogP contribution in [0.4, 0.5) is 0 Å². The first kappa shape index (κ1) is 12.4. The Labute approximate surface area is 119 Å². The summed E-state index contributed by atoms with van der Waals surface area (Å²) in [5.74, 6) is 1.90. The van der Waals surface area contributed by atoms with Crippen molar-refractivity contribution in [2.24, 2.45) is 11.7 Å². The van der Waals surface area contributed by atoms with E-state index in [9.17, 15) is 0 Å². The Hall–Kier alpha value is -1.39. The molecule has 20 heavy (non-hydrogen) atoms. The smallest absolute Gasteiger partial charge is 0.109 e. The standard InChI is InChI=1S/C16H22N4/c1-19-10-11(9-17)7-14(19)12-4-5-13-15(8-12)20-6-2-3-16(20)18-13/h4-5,8,11,14H,2-3,6-7,9-10,17H2,1H3. The second-order valence-electron chi connectivity index (χ2n) is 6.32. The van der Waals surface area contributed by atoms with Crippen molar-refractivity contribution >= 4 is 11.0 Å². The third kappa shape index (κ3) is 1.79. The minimum Gasteiger partial charge on any atom is -0.330 e. The van der Waals surface area contributed by atoms with Crippen molar-refractivity contribution in [2.75, 3.05) is 20.1 Å². The second-order valence-corrected chi connectivity index (χ2v) is 6.32. The van der Waals surface area contributed by atoms with Crippen molar-refractivity contribution in [3.63, 3.8) is 0 Å². The molecule has 1 saturated heterocycles. The summed E-state index contributed by atoms with van der Waals surface area (Å²) in [5.41, 5.74) is 9.74. The number of rotatable bonds is 2. The lowest BCUT2D eigenvalue weighted by Crippen LogP contribution is -2.20. The van der Waals surface area contributed by atoms with E-state index in [0.717, 1.165) is 31.6 Å². The summed E-state index contributed by atoms with van der Waals surface area (Å²) in [4.78, 5) is 7.18. The van der Waals surface area contributed by atoms with Crippen LogP contribution in [0.2, 0.25) is 0 Å². The third-order valence-corrected chi connectivity index (χ3v) is 4.99. The van der Waals surface area contributed by atoms with Crippen molar-refractivity contribution in [2.45, 2.75) is 31.8 Å². The van der Waals surface area contributed by atoms with E-state index in [1.54, 1.807) is 0 Å². The normalized spacial score (nSPS) is 26.5. The van der Waals surface area contributed by atoms with Crippen LogP contribution in [-0.2, 0) is 13.0 Å². The minimum atomic E-state index is 0.514. The maximum absolute atomic E-state index is 5.84. The summed E-state index contributed by atoms with van der Waals surface area (Å²) < 4.78 is 2.40. The van der Waals surface area contributed by atoms with Crippen molar-refractivity contribution in [3.8, 4) is 0 Å². The van der Waals surface area contributed by atoms with Gasteiger partial charge in [-0.15, -0.1) is 0 Å². The molecule has 0 aliphatic carbocycles. The summed E-state index contributed by atoms with van der Waals surface area (Å²) in [5, 5.41) is 0. The molecule has 2 unspecified atom stereocenters. The van der Waals surface area contributed by atoms with Crippen LogP contribution in [0, 0.1) is 5.92 Å². The molecule has 1 aromatic heterocycles. The predicted octanol–water partition coefficient (Wildman–Crippen LogP) is 1.93. The third-order valence-electron chi connectivity index (χ3n) is 4.99. The fraction of sp³-hybridized carbons (Fsp3) is 0.562. The minimum absolute atomic E-state index is 0.514. The molecule has 2 aromatic rings. The Morgan fingerprint density at radius 1 is 1.40 bits per heavy atom. The number of likely N-dealkylation sites (tertiary alicyclic amines) is 1. The molecule has 4 heteroatoms. The Kier molecular flexibility index (Phi) is 2.82. The summed E-state index contributed by atoms with van der Waals surface area (Å²) in [6, 6.07) is 7.32. The molecule has 4 rings (SSSR count). The van der Waals surface area contributed by atoms with Crippen LogP contribution in [0.25, 0.3) is 11.0 Å². The lowest BCUT2D eigenvalue weighted by atomic mass is 9.99. The van der Waals surface area contributed by atoms with Gasteiger partial charge in [-0.05, 0) is 50.0 Å². The van der Waals surface area contributed by atoms with Crippen LogP contribution in [0.3, 0.4) is 0 Å². The van der Waals surface area contributed by atoms with Gasteiger partial charge in [0.15, 0.2) is 0 Å². The maximum Gasteiger partial charge on any atom is 0.109 e. The molecule has 0 saturated carbocycles. The molecule has 0 radical (unpaired) electrons. The average Bonchev–Trinajstić information content (AvgIpc) is 3.11. The summed E-state index contributed by atoms with van der Waals surface area (Å²) >= 11 is 0. The van der Waals surface area contributed by atoms with Gasteiger partial charge in [-0.3, -0.25) is 4.90 Å². The lowest BCUT2D eigenvalue weighted by molar-refractivity contribution is 0.314. The van der Waals surface area contributed by atoms with Crippen LogP contribution in [0.15, 0.2) is 18.2 Å². The van der Waals surface area contributed by atoms with Gasteiger partial charge < -0.3 is 10.3 Å². The fourth-order valence-electron chi connectivity index (χ4n) is 3.90. The zero-order chi connectivity index (χ0) is 13.7. The molecule has 3 heterocycles. The molecular formula is C16H22N4. The van der Waals surface area contributed by atoms with E-state index in [1.807, 2.05) is 0 Å². The zero-order valence-corrected chi connectivity index (χ0v) is 12.0. The number of aromatic nitrogens is 2. The van der Waals surface area contributed by atoms with Crippen LogP contribution < -0.4 is 5.73 Å². The molecule has 106 valence electrons. The molecule has 2 aliphatic rings. The Morgan fingerprint density at radius 3 is 3.10 bits per heavy atom. The molecule has 1 fully saturated rings. The fourth-order valence-corrected chi connectivity index (χ4v) is 3.90. The largest absolute Gasteiger partial charge is 0.330 e. The van der Waals surface area contributed by atoms with E-state index in [-0.39, 0.29) is 0 Å². The van der Waals surface area contributed by atoms with Crippen molar-refractivity contribution in [1.82, 2.24) is 14.5 Å². The molecule has 4 nitrogen and oxygen atoms in total. The number of nitrogens with zero attached hydrogens (tertiary/aromatic N) is 3. The number of nitrogens with two attached hydrogens (primary N) is 1. The van der Waals surface area contributed by atoms with Crippen molar-refractivity contribution in [1.29, 1.82) is 0 Å². The topological polar surface area (TPSA) is 47.1 Å². The highest BCUT2D eigenvalue weighted by Gasteiger charge is 2.30. The molecule has 0 spiro atoms. The molecule has 2 aliphatic heterocycles. The number of aryl methyl sites for hydroxylation is 2. The van der Waals surface area contributed by atoms with Crippen LogP contribution in [0.1, 0.15) is 30.3 Å². The first-order valence-corrected chi connectivity index (χ1v) is 7.65. The van der Waals surface area contributed by atoms with Crippen molar-refractivity contribution in [3.05, 3.63) is 29.6 Å². The predicted molar refractivity (Wildman–Crippen MR) is 80.6 cm³/mol. The summed E-state index contributed by atoms with van der Waals surface area (Å²) in [6.45, 7) is 3.04. The first-order chi connectivity index (χ1) is 9.76. The summed E-state index contributed by atoms with van der Waals surface area (Å²) in [7, 11) is 2.21. The van der Waals surface area contributed by atoms with Gasteiger partial charge in [-0.1, -0.05) is 6.07 Å². The molecule has 2 N–H and O–H groups in total. The number of fused-ring (bicyclic) bond motifs is 3. The van der Waals surface area contributed by atoms with Crippen LogP contribution in [0.5, 0.6) is 0 Å². The zero-order valence-electron chi connectivity index (χ0n) is 12.0. The number of benzene rings is 1. The van der Waals surface area contributed by atoms with E-state index in [4.69, 9.17) is 10.7 Å². The highest BCUT2D eigenvalue weighted by atomic mass is 15.2. The van der Waals surface area contributed by atoms with Gasteiger partial charge in [0.2, 0.25) is 0 Å². The van der Waals surface area contributed by atoms with Gasteiger partial charge in [0.25, 0.3) is 0 Å². The van der Waals surface area contributed by atoms with Gasteiger partial charge in [-0.2, -0.15) is 0 Å². The average molecular weight is 270 g/mol. The molecular weight excluding hydrogens is 248 g/mol. The van der Waals surface area contributed by atoms with E-state index in [0.29, 0.717) is 12.0 Å². The highest BCUT2D eigenvalue weighted by molar-refractivity contribution is 5.77. The van der Waals surface area contributed by atoms with Crippen molar-refractivity contribution < 1.29 is 0 Å². The van der Waals surface area contributed by atoms with Gasteiger partial charge in [-0.25, -0.2) is 4.98 Å². The monoisotopic (exact) mass is 270 g/mol. The Balaban J connectivity index is 1.74. The van der Waals surface area contributed by atoms with Gasteiger partial charge in [0, 0.05) is 25.6 Å². The molecule has 0 bridgehead atoms. The number of hydrogen-bond acceptors (Lipinski definition) is 3. The lowest BCUT2D eigenvalue weighted by Gasteiger charge is -2.19. The Bertz CT molecular complexity index is 645. The second kappa shape index (κ2) is 4.57. The van der Waals surface area contributed by atoms with E-state index >= 15 is 0 Å². The number of hydrogen-bond donors (Lipinski definition) is 1. The first-order valence-electron chi connectivity index (χ1n) is 7.65. The van der Waals surface area contributed by atoms with E-state index in [1.165, 1.54) is 29.7 Å². The summed E-state index contributed by atoms with van der Waals surface area (Å²) in [6.07, 6.45) is 3.54. The SMILES string of the molecule is CN1CC(CN)CC1c1ccc2nc3n(c2c1)CCC3. The van der Waals surface area contributed by atoms with E-state index in [2.05, 4.69) is 34.7 Å². The highest BCUT2D eigenvalue weighted by Crippen LogP contribution is 2.35. The van der Waals surface area contributed by atoms with E-state index < -0.39 is 0 Å². The number of imidazole rings is 1. The van der Waals surface area contributed by atoms with Crippen LogP contribution in [-0.4, -0.2) is 34.6 Å². The maximum atomic E-state index is 5.84. The molecule has 2 atom stereocenters. The van der Waals surface area contributed by atoms with Crippen LogP contribution >= 0.6 is 0 Å². The van der Waals surface area contributed by atoms with Gasteiger partial charge in [0.05, 0.1) is 11.0 Å². The Morgan fingerprint density at radius 2 is 2.30 bits per heavy atom. The molecule has 0 amide bonds. The quantitative estimate of drug-likeness (QED) is 0.907. The molecule has 1 aromatic carbocycles. The van der Waals surface area contributed by atoms with Gasteiger partial charge >= 0.3 is 0 Å². The van der Waals surface area contributed by atoms with Gasteiger partial charge in [0.1, 0.15) is 5.82 Å².